The van der Waals surface area contributed by atoms with Crippen molar-refractivity contribution in [3.63, 3.8) is 0 Å². The maximum Gasteiger partial charge on any atom is 0.128 e. The minimum absolute atomic E-state index is 0.109. The predicted octanol–water partition coefficient (Wildman–Crippen LogP) is 1.48. The molecule has 1 aliphatic rings. The van der Waals surface area contributed by atoms with Gasteiger partial charge in [-0.15, -0.1) is 0 Å². The Balaban J connectivity index is 2.07. The van der Waals surface area contributed by atoms with Gasteiger partial charge in [-0.3, -0.25) is 4.90 Å². The summed E-state index contributed by atoms with van der Waals surface area (Å²) in [6.07, 6.45) is 3.51. The van der Waals surface area contributed by atoms with Gasteiger partial charge in [-0.2, -0.15) is 0 Å². The van der Waals surface area contributed by atoms with Gasteiger partial charge in [0.25, 0.3) is 0 Å². The average molecular weight is 276 g/mol. The first-order chi connectivity index (χ1) is 9.74. The molecule has 0 heterocycles. The lowest BCUT2D eigenvalue weighted by Gasteiger charge is -2.37. The number of rotatable bonds is 5. The number of halogens is 1. The molecule has 0 aliphatic heterocycles. The molecule has 0 unspecified atom stereocenters. The van der Waals surface area contributed by atoms with Crippen LogP contribution in [0.4, 0.5) is 4.39 Å². The van der Waals surface area contributed by atoms with Crippen molar-refractivity contribution in [2.45, 2.75) is 31.8 Å². The zero-order valence-electron chi connectivity index (χ0n) is 11.6. The molecule has 4 heteroatoms. The van der Waals surface area contributed by atoms with E-state index in [9.17, 15) is 4.39 Å². The Morgan fingerprint density at radius 2 is 2.20 bits per heavy atom. The largest absolute Gasteiger partial charge is 0.395 e. The van der Waals surface area contributed by atoms with E-state index in [0.717, 1.165) is 12.8 Å². The molecule has 0 aromatic heterocycles. The molecule has 108 valence electrons. The molecule has 1 aromatic rings. The second-order valence-electron chi connectivity index (χ2n) is 5.09. The Morgan fingerprint density at radius 3 is 2.75 bits per heavy atom. The van der Waals surface area contributed by atoms with E-state index >= 15 is 0 Å². The summed E-state index contributed by atoms with van der Waals surface area (Å²) in [6.45, 7) is 1.52. The van der Waals surface area contributed by atoms with Crippen LogP contribution in [-0.2, 0) is 6.54 Å². The van der Waals surface area contributed by atoms with Gasteiger partial charge in [0.15, 0.2) is 0 Å². The Bertz CT molecular complexity index is 503. The highest BCUT2D eigenvalue weighted by molar-refractivity contribution is 5.37. The van der Waals surface area contributed by atoms with E-state index in [-0.39, 0.29) is 19.0 Å². The predicted molar refractivity (Wildman–Crippen MR) is 77.5 cm³/mol. The fourth-order valence-corrected chi connectivity index (χ4v) is 2.40. The topological polar surface area (TPSA) is 49.5 Å². The molecule has 0 radical (unpaired) electrons. The van der Waals surface area contributed by atoms with Gasteiger partial charge in [0, 0.05) is 30.3 Å². The van der Waals surface area contributed by atoms with Gasteiger partial charge in [-0.1, -0.05) is 24.3 Å². The van der Waals surface area contributed by atoms with Crippen molar-refractivity contribution in [3.05, 3.63) is 35.1 Å². The van der Waals surface area contributed by atoms with Gasteiger partial charge in [-0.25, -0.2) is 4.39 Å². The Kier molecular flexibility index (Phi) is 5.54. The molecule has 0 saturated heterocycles. The van der Waals surface area contributed by atoms with Crippen molar-refractivity contribution in [1.29, 1.82) is 0 Å². The van der Waals surface area contributed by atoms with Gasteiger partial charge in [0.05, 0.1) is 13.2 Å². The lowest BCUT2D eigenvalue weighted by atomic mass is 9.91. The molecule has 20 heavy (non-hydrogen) atoms. The summed E-state index contributed by atoms with van der Waals surface area (Å²) in [6, 6.07) is 5.53. The SMILES string of the molecule is NCC#Cc1ccc(CN(CCO)C2CCC2)c(F)c1. The highest BCUT2D eigenvalue weighted by atomic mass is 19.1. The maximum absolute atomic E-state index is 14.1. The van der Waals surface area contributed by atoms with Crippen molar-refractivity contribution in [2.75, 3.05) is 19.7 Å². The summed E-state index contributed by atoms with van der Waals surface area (Å²) in [4.78, 5) is 2.16. The molecule has 0 bridgehead atoms. The average Bonchev–Trinajstić information content (AvgIpc) is 2.37. The molecule has 0 atom stereocenters. The van der Waals surface area contributed by atoms with E-state index in [2.05, 4.69) is 16.7 Å². The van der Waals surface area contributed by atoms with Gasteiger partial charge in [0.2, 0.25) is 0 Å². The fraction of sp³-hybridized carbons (Fsp3) is 0.500. The van der Waals surface area contributed by atoms with Crippen LogP contribution < -0.4 is 5.73 Å². The van der Waals surface area contributed by atoms with Crippen molar-refractivity contribution in [3.8, 4) is 11.8 Å². The zero-order valence-corrected chi connectivity index (χ0v) is 11.6. The van der Waals surface area contributed by atoms with Crippen LogP contribution in [0.5, 0.6) is 0 Å². The summed E-state index contributed by atoms with van der Waals surface area (Å²) in [5.74, 6) is 5.30. The fourth-order valence-electron chi connectivity index (χ4n) is 2.40. The molecule has 3 N–H and O–H groups in total. The van der Waals surface area contributed by atoms with Gasteiger partial charge in [0.1, 0.15) is 5.82 Å². The molecule has 0 spiro atoms. The van der Waals surface area contributed by atoms with Gasteiger partial charge >= 0.3 is 0 Å². The van der Waals surface area contributed by atoms with Crippen LogP contribution in [0.15, 0.2) is 18.2 Å². The van der Waals surface area contributed by atoms with Crippen LogP contribution in [0.1, 0.15) is 30.4 Å². The molecular formula is C16H21FN2O. The number of nitrogens with zero attached hydrogens (tertiary/aromatic N) is 1. The zero-order chi connectivity index (χ0) is 14.4. The highest BCUT2D eigenvalue weighted by Gasteiger charge is 2.25. The van der Waals surface area contributed by atoms with Crippen LogP contribution >= 0.6 is 0 Å². The van der Waals surface area contributed by atoms with Crippen LogP contribution in [0.3, 0.4) is 0 Å². The number of aliphatic hydroxyl groups is 1. The number of hydrogen-bond acceptors (Lipinski definition) is 3. The standard InChI is InChI=1S/C16H21FN2O/c17-16-11-13(3-2-8-18)6-7-14(16)12-19(9-10-20)15-4-1-5-15/h6-7,11,15,20H,1,4-5,8-10,12,18H2. The Hall–Kier alpha value is -1.41. The summed E-state index contributed by atoms with van der Waals surface area (Å²) >= 11 is 0. The number of benzene rings is 1. The van der Waals surface area contributed by atoms with Crippen LogP contribution in [0.2, 0.25) is 0 Å². The van der Waals surface area contributed by atoms with E-state index in [4.69, 9.17) is 10.8 Å². The van der Waals surface area contributed by atoms with Crippen molar-refractivity contribution < 1.29 is 9.50 Å². The third-order valence-electron chi connectivity index (χ3n) is 3.74. The number of hydrogen-bond donors (Lipinski definition) is 2. The second kappa shape index (κ2) is 7.39. The first-order valence-corrected chi connectivity index (χ1v) is 7.07. The number of aliphatic hydroxyl groups excluding tert-OH is 1. The van der Waals surface area contributed by atoms with Crippen molar-refractivity contribution >= 4 is 0 Å². The first kappa shape index (κ1) is 15.0. The molecule has 1 saturated carbocycles. The molecule has 2 rings (SSSR count). The molecular weight excluding hydrogens is 255 g/mol. The summed E-state index contributed by atoms with van der Waals surface area (Å²) in [5, 5.41) is 9.13. The second-order valence-corrected chi connectivity index (χ2v) is 5.09. The Labute approximate surface area is 119 Å². The van der Waals surface area contributed by atoms with Crippen LogP contribution in [0, 0.1) is 17.7 Å². The third kappa shape index (κ3) is 3.80. The van der Waals surface area contributed by atoms with Crippen LogP contribution in [0.25, 0.3) is 0 Å². The molecule has 1 aromatic carbocycles. The summed E-state index contributed by atoms with van der Waals surface area (Å²) in [7, 11) is 0. The first-order valence-electron chi connectivity index (χ1n) is 7.07. The highest BCUT2D eigenvalue weighted by Crippen LogP contribution is 2.26. The minimum atomic E-state index is -0.240. The van der Waals surface area contributed by atoms with Crippen molar-refractivity contribution in [2.24, 2.45) is 5.73 Å². The monoisotopic (exact) mass is 276 g/mol. The minimum Gasteiger partial charge on any atom is -0.395 e. The lowest BCUT2D eigenvalue weighted by Crippen LogP contribution is -2.41. The van der Waals surface area contributed by atoms with Gasteiger partial charge in [-0.05, 0) is 25.0 Å². The third-order valence-corrected chi connectivity index (χ3v) is 3.74. The van der Waals surface area contributed by atoms with E-state index in [1.807, 2.05) is 6.07 Å². The Morgan fingerprint density at radius 1 is 1.40 bits per heavy atom. The van der Waals surface area contributed by atoms with Crippen LogP contribution in [-0.4, -0.2) is 35.7 Å². The van der Waals surface area contributed by atoms with E-state index in [0.29, 0.717) is 30.3 Å². The number of nitrogens with two attached hydrogens (primary N) is 1. The van der Waals surface area contributed by atoms with E-state index < -0.39 is 0 Å². The van der Waals surface area contributed by atoms with E-state index in [1.54, 1.807) is 6.07 Å². The maximum atomic E-state index is 14.1. The smallest absolute Gasteiger partial charge is 0.128 e. The lowest BCUT2D eigenvalue weighted by molar-refractivity contribution is 0.0935. The normalized spacial score (nSPS) is 14.8. The molecule has 3 nitrogen and oxygen atoms in total. The molecule has 0 amide bonds. The quantitative estimate of drug-likeness (QED) is 0.801. The molecule has 1 fully saturated rings. The van der Waals surface area contributed by atoms with Gasteiger partial charge < -0.3 is 10.8 Å². The summed E-state index contributed by atoms with van der Waals surface area (Å²) < 4.78 is 14.1. The van der Waals surface area contributed by atoms with Crippen molar-refractivity contribution in [1.82, 2.24) is 4.90 Å². The van der Waals surface area contributed by atoms with E-state index in [1.165, 1.54) is 12.5 Å². The summed E-state index contributed by atoms with van der Waals surface area (Å²) in [5.41, 5.74) is 6.60. The molecule has 1 aliphatic carbocycles.